The standard InChI is InChI=1S/C15H12BrNO4/c1-8-2-4-10(12(16)6-8)14(19)17-9-3-5-11(15(20)21)13(18)7-9/h2-7,18H,1H3,(H,17,19)(H,20,21). The van der Waals surface area contributed by atoms with E-state index < -0.39 is 11.7 Å². The van der Waals surface area contributed by atoms with Crippen molar-refractivity contribution in [2.24, 2.45) is 0 Å². The van der Waals surface area contributed by atoms with Crippen molar-refractivity contribution in [1.82, 2.24) is 0 Å². The molecule has 2 aromatic rings. The van der Waals surface area contributed by atoms with Crippen LogP contribution in [0.2, 0.25) is 0 Å². The smallest absolute Gasteiger partial charge is 0.339 e. The van der Waals surface area contributed by atoms with Crippen LogP contribution in [-0.4, -0.2) is 22.1 Å². The summed E-state index contributed by atoms with van der Waals surface area (Å²) in [6.07, 6.45) is 0. The zero-order chi connectivity index (χ0) is 15.6. The predicted octanol–water partition coefficient (Wildman–Crippen LogP) is 3.41. The minimum Gasteiger partial charge on any atom is -0.507 e. The molecule has 0 bridgehead atoms. The molecule has 0 saturated carbocycles. The van der Waals surface area contributed by atoms with Crippen molar-refractivity contribution in [3.8, 4) is 5.75 Å². The molecule has 5 nitrogen and oxygen atoms in total. The first kappa shape index (κ1) is 15.1. The van der Waals surface area contributed by atoms with Gasteiger partial charge in [0.2, 0.25) is 0 Å². The fraction of sp³-hybridized carbons (Fsp3) is 0.0667. The molecule has 1 amide bonds. The number of carbonyl (C=O) groups is 2. The summed E-state index contributed by atoms with van der Waals surface area (Å²) in [5.74, 6) is -1.99. The van der Waals surface area contributed by atoms with E-state index in [1.165, 1.54) is 18.2 Å². The number of hydrogen-bond donors (Lipinski definition) is 3. The fourth-order valence-corrected chi connectivity index (χ4v) is 2.47. The van der Waals surface area contributed by atoms with E-state index in [2.05, 4.69) is 21.2 Å². The summed E-state index contributed by atoms with van der Waals surface area (Å²) in [4.78, 5) is 22.9. The van der Waals surface area contributed by atoms with Crippen molar-refractivity contribution >= 4 is 33.5 Å². The lowest BCUT2D eigenvalue weighted by molar-refractivity contribution is 0.0693. The van der Waals surface area contributed by atoms with Crippen LogP contribution in [0, 0.1) is 6.92 Å². The van der Waals surface area contributed by atoms with Gasteiger partial charge in [-0.15, -0.1) is 0 Å². The number of rotatable bonds is 3. The van der Waals surface area contributed by atoms with Gasteiger partial charge in [-0.2, -0.15) is 0 Å². The van der Waals surface area contributed by atoms with Crippen LogP contribution in [0.5, 0.6) is 5.75 Å². The lowest BCUT2D eigenvalue weighted by Gasteiger charge is -2.09. The first-order chi connectivity index (χ1) is 9.88. The van der Waals surface area contributed by atoms with Crippen LogP contribution in [-0.2, 0) is 0 Å². The monoisotopic (exact) mass is 349 g/mol. The molecule has 0 spiro atoms. The van der Waals surface area contributed by atoms with Crippen LogP contribution in [0.25, 0.3) is 0 Å². The lowest BCUT2D eigenvalue weighted by Crippen LogP contribution is -2.12. The molecular formula is C15H12BrNO4. The number of halogens is 1. The number of nitrogens with one attached hydrogen (secondary N) is 1. The van der Waals surface area contributed by atoms with Gasteiger partial charge in [-0.1, -0.05) is 6.07 Å². The van der Waals surface area contributed by atoms with E-state index >= 15 is 0 Å². The molecule has 3 N–H and O–H groups in total. The van der Waals surface area contributed by atoms with Crippen molar-refractivity contribution in [2.45, 2.75) is 6.92 Å². The zero-order valence-electron chi connectivity index (χ0n) is 11.1. The van der Waals surface area contributed by atoms with E-state index in [0.29, 0.717) is 15.7 Å². The number of amides is 1. The molecule has 6 heteroatoms. The molecule has 0 radical (unpaired) electrons. The Hall–Kier alpha value is -2.34. The average Bonchev–Trinajstić information content (AvgIpc) is 2.37. The lowest BCUT2D eigenvalue weighted by atomic mass is 10.1. The molecular weight excluding hydrogens is 338 g/mol. The normalized spacial score (nSPS) is 10.2. The van der Waals surface area contributed by atoms with Gasteiger partial charge in [0, 0.05) is 16.2 Å². The quantitative estimate of drug-likeness (QED) is 0.792. The molecule has 2 aromatic carbocycles. The van der Waals surface area contributed by atoms with E-state index in [9.17, 15) is 14.7 Å². The van der Waals surface area contributed by atoms with Crippen LogP contribution in [0.4, 0.5) is 5.69 Å². The maximum atomic E-state index is 12.1. The van der Waals surface area contributed by atoms with Crippen molar-refractivity contribution in [3.05, 3.63) is 57.6 Å². The molecule has 0 saturated heterocycles. The number of carbonyl (C=O) groups excluding carboxylic acids is 1. The van der Waals surface area contributed by atoms with Gasteiger partial charge in [0.15, 0.2) is 0 Å². The van der Waals surface area contributed by atoms with Crippen LogP contribution in [0.1, 0.15) is 26.3 Å². The zero-order valence-corrected chi connectivity index (χ0v) is 12.6. The highest BCUT2D eigenvalue weighted by molar-refractivity contribution is 9.10. The first-order valence-electron chi connectivity index (χ1n) is 6.02. The van der Waals surface area contributed by atoms with Crippen LogP contribution in [0.3, 0.4) is 0 Å². The van der Waals surface area contributed by atoms with Gasteiger partial charge < -0.3 is 15.5 Å². The molecule has 0 fully saturated rings. The summed E-state index contributed by atoms with van der Waals surface area (Å²) < 4.78 is 0.659. The highest BCUT2D eigenvalue weighted by Gasteiger charge is 2.13. The third-order valence-electron chi connectivity index (χ3n) is 2.86. The van der Waals surface area contributed by atoms with E-state index in [4.69, 9.17) is 5.11 Å². The highest BCUT2D eigenvalue weighted by atomic mass is 79.9. The number of benzene rings is 2. The molecule has 0 unspecified atom stereocenters. The predicted molar refractivity (Wildman–Crippen MR) is 81.9 cm³/mol. The number of carboxylic acids is 1. The molecule has 21 heavy (non-hydrogen) atoms. The van der Waals surface area contributed by atoms with E-state index in [1.54, 1.807) is 6.07 Å². The van der Waals surface area contributed by atoms with E-state index in [0.717, 1.165) is 5.56 Å². The molecule has 0 aliphatic carbocycles. The Balaban J connectivity index is 2.23. The molecule has 0 heterocycles. The number of aromatic hydroxyl groups is 1. The van der Waals surface area contributed by atoms with Crippen molar-refractivity contribution in [2.75, 3.05) is 5.32 Å². The van der Waals surface area contributed by atoms with Gasteiger partial charge in [-0.3, -0.25) is 4.79 Å². The van der Waals surface area contributed by atoms with Gasteiger partial charge in [0.25, 0.3) is 5.91 Å². The fourth-order valence-electron chi connectivity index (χ4n) is 1.79. The Labute approximate surface area is 129 Å². The molecule has 0 aliphatic heterocycles. The molecule has 0 atom stereocenters. The number of aromatic carboxylic acids is 1. The Morgan fingerprint density at radius 1 is 1.10 bits per heavy atom. The van der Waals surface area contributed by atoms with Gasteiger partial charge in [0.1, 0.15) is 11.3 Å². The van der Waals surface area contributed by atoms with E-state index in [1.807, 2.05) is 19.1 Å². The summed E-state index contributed by atoms with van der Waals surface area (Å²) >= 11 is 3.32. The SMILES string of the molecule is Cc1ccc(C(=O)Nc2ccc(C(=O)O)c(O)c2)c(Br)c1. The Morgan fingerprint density at radius 2 is 1.76 bits per heavy atom. The van der Waals surface area contributed by atoms with Crippen molar-refractivity contribution in [3.63, 3.8) is 0 Å². The third kappa shape index (κ3) is 3.41. The second-order valence-electron chi connectivity index (χ2n) is 4.47. The number of aryl methyl sites for hydroxylation is 1. The maximum Gasteiger partial charge on any atom is 0.339 e. The Morgan fingerprint density at radius 3 is 2.33 bits per heavy atom. The maximum absolute atomic E-state index is 12.1. The highest BCUT2D eigenvalue weighted by Crippen LogP contribution is 2.24. The largest absolute Gasteiger partial charge is 0.507 e. The molecule has 0 aromatic heterocycles. The Kier molecular flexibility index (Phi) is 4.28. The number of hydrogen-bond acceptors (Lipinski definition) is 3. The van der Waals surface area contributed by atoms with E-state index in [-0.39, 0.29) is 11.5 Å². The number of phenols is 1. The minimum absolute atomic E-state index is 0.218. The van der Waals surface area contributed by atoms with Gasteiger partial charge in [-0.05, 0) is 52.7 Å². The number of carboxylic acid groups (broad SMARTS) is 1. The Bertz CT molecular complexity index is 728. The summed E-state index contributed by atoms with van der Waals surface area (Å²) in [7, 11) is 0. The molecule has 0 aliphatic rings. The van der Waals surface area contributed by atoms with Gasteiger partial charge in [0.05, 0.1) is 5.56 Å². The summed E-state index contributed by atoms with van der Waals surface area (Å²) in [6, 6.07) is 9.16. The second-order valence-corrected chi connectivity index (χ2v) is 5.33. The summed E-state index contributed by atoms with van der Waals surface area (Å²) in [5.41, 5.74) is 1.56. The average molecular weight is 350 g/mol. The van der Waals surface area contributed by atoms with Crippen molar-refractivity contribution < 1.29 is 19.8 Å². The summed E-state index contributed by atoms with van der Waals surface area (Å²) in [5, 5.41) is 21.0. The minimum atomic E-state index is -1.23. The van der Waals surface area contributed by atoms with Crippen LogP contribution in [0.15, 0.2) is 40.9 Å². The number of anilines is 1. The topological polar surface area (TPSA) is 86.6 Å². The van der Waals surface area contributed by atoms with Crippen LogP contribution >= 0.6 is 15.9 Å². The first-order valence-corrected chi connectivity index (χ1v) is 6.81. The van der Waals surface area contributed by atoms with Crippen LogP contribution < -0.4 is 5.32 Å². The third-order valence-corrected chi connectivity index (χ3v) is 3.51. The second kappa shape index (κ2) is 5.97. The van der Waals surface area contributed by atoms with Gasteiger partial charge in [-0.25, -0.2) is 4.79 Å². The summed E-state index contributed by atoms with van der Waals surface area (Å²) in [6.45, 7) is 1.91. The van der Waals surface area contributed by atoms with Crippen molar-refractivity contribution in [1.29, 1.82) is 0 Å². The molecule has 108 valence electrons. The molecule has 2 rings (SSSR count). The van der Waals surface area contributed by atoms with Gasteiger partial charge >= 0.3 is 5.97 Å².